The van der Waals surface area contributed by atoms with Crippen molar-refractivity contribution in [1.82, 2.24) is 4.98 Å². The molecular formula is C14H11BrN2O2. The van der Waals surface area contributed by atoms with Crippen LogP contribution in [0.3, 0.4) is 0 Å². The van der Waals surface area contributed by atoms with Crippen LogP contribution in [0.5, 0.6) is 5.75 Å². The van der Waals surface area contributed by atoms with Gasteiger partial charge in [0.05, 0.1) is 6.54 Å². The van der Waals surface area contributed by atoms with Gasteiger partial charge in [0.25, 0.3) is 0 Å². The topological polar surface area (TPSA) is 42.4 Å². The van der Waals surface area contributed by atoms with Crippen molar-refractivity contribution in [3.63, 3.8) is 0 Å². The van der Waals surface area contributed by atoms with Gasteiger partial charge in [-0.3, -0.25) is 4.79 Å². The van der Waals surface area contributed by atoms with Gasteiger partial charge in [0, 0.05) is 21.9 Å². The monoisotopic (exact) mass is 318 g/mol. The molecule has 1 aromatic carbocycles. The van der Waals surface area contributed by atoms with Crippen molar-refractivity contribution in [2.75, 3.05) is 18.1 Å². The number of fused-ring (bicyclic) bond motifs is 1. The minimum absolute atomic E-state index is 0.524. The molecule has 1 aliphatic rings. The molecule has 2 aromatic rings. The average molecular weight is 319 g/mol. The maximum absolute atomic E-state index is 10.8. The lowest BCUT2D eigenvalue weighted by Gasteiger charge is -2.30. The number of carbonyl (C=O) groups excluding carboxylic acids is 1. The van der Waals surface area contributed by atoms with Crippen LogP contribution in [0, 0.1) is 0 Å². The number of benzene rings is 1. The molecule has 19 heavy (non-hydrogen) atoms. The van der Waals surface area contributed by atoms with Crippen molar-refractivity contribution in [2.24, 2.45) is 0 Å². The fraction of sp³-hybridized carbons (Fsp3) is 0.143. The number of nitrogens with zero attached hydrogens (tertiary/aromatic N) is 2. The van der Waals surface area contributed by atoms with E-state index >= 15 is 0 Å². The second-order valence-electron chi connectivity index (χ2n) is 4.18. The number of anilines is 2. The molecular weight excluding hydrogens is 308 g/mol. The number of hydrogen-bond acceptors (Lipinski definition) is 4. The molecule has 4 nitrogen and oxygen atoms in total. The van der Waals surface area contributed by atoms with E-state index in [1.807, 2.05) is 24.3 Å². The highest BCUT2D eigenvalue weighted by molar-refractivity contribution is 9.10. The molecule has 2 heterocycles. The number of halogens is 1. The summed E-state index contributed by atoms with van der Waals surface area (Å²) in [5.41, 5.74) is 1.58. The molecule has 1 aliphatic heterocycles. The van der Waals surface area contributed by atoms with Gasteiger partial charge in [0.1, 0.15) is 6.61 Å². The number of carbonyl (C=O) groups is 1. The minimum atomic E-state index is 0.524. The Bertz CT molecular complexity index is 613. The number of pyridine rings is 1. The van der Waals surface area contributed by atoms with Gasteiger partial charge < -0.3 is 9.64 Å². The van der Waals surface area contributed by atoms with Crippen molar-refractivity contribution < 1.29 is 9.53 Å². The van der Waals surface area contributed by atoms with E-state index in [0.29, 0.717) is 17.9 Å². The summed E-state index contributed by atoms with van der Waals surface area (Å²) < 4.78 is 6.61. The highest BCUT2D eigenvalue weighted by Gasteiger charge is 2.21. The summed E-state index contributed by atoms with van der Waals surface area (Å²) in [6.07, 6.45) is 2.33. The Balaban J connectivity index is 2.02. The van der Waals surface area contributed by atoms with E-state index in [1.54, 1.807) is 12.3 Å². The lowest BCUT2D eigenvalue weighted by Crippen LogP contribution is -2.29. The van der Waals surface area contributed by atoms with Crippen LogP contribution in [0.15, 0.2) is 41.0 Å². The van der Waals surface area contributed by atoms with Crippen LogP contribution < -0.4 is 9.64 Å². The Labute approximate surface area is 119 Å². The maximum atomic E-state index is 10.8. The number of aromatic nitrogens is 1. The minimum Gasteiger partial charge on any atom is -0.488 e. The third-order valence-electron chi connectivity index (χ3n) is 2.96. The second-order valence-corrected chi connectivity index (χ2v) is 5.10. The van der Waals surface area contributed by atoms with Crippen molar-refractivity contribution in [1.29, 1.82) is 0 Å². The molecule has 0 spiro atoms. The third kappa shape index (κ3) is 2.33. The Kier molecular flexibility index (Phi) is 3.21. The van der Waals surface area contributed by atoms with Gasteiger partial charge in [-0.05, 0) is 30.3 Å². The van der Waals surface area contributed by atoms with Crippen LogP contribution >= 0.6 is 15.9 Å². The van der Waals surface area contributed by atoms with E-state index in [9.17, 15) is 4.79 Å². The number of aldehydes is 1. The van der Waals surface area contributed by atoms with Crippen molar-refractivity contribution in [3.8, 4) is 5.75 Å². The Morgan fingerprint density at radius 1 is 1.32 bits per heavy atom. The third-order valence-corrected chi connectivity index (χ3v) is 3.49. The van der Waals surface area contributed by atoms with Crippen LogP contribution in [0.1, 0.15) is 10.4 Å². The largest absolute Gasteiger partial charge is 0.488 e. The van der Waals surface area contributed by atoms with Gasteiger partial charge in [0.15, 0.2) is 17.9 Å². The van der Waals surface area contributed by atoms with Crippen LogP contribution in [-0.2, 0) is 0 Å². The van der Waals surface area contributed by atoms with Crippen LogP contribution in [0.2, 0.25) is 0 Å². The van der Waals surface area contributed by atoms with Crippen LogP contribution in [0.25, 0.3) is 0 Å². The average Bonchev–Trinajstić information content (AvgIpc) is 2.47. The Hall–Kier alpha value is -1.88. The molecule has 0 saturated heterocycles. The predicted molar refractivity (Wildman–Crippen MR) is 76.3 cm³/mol. The van der Waals surface area contributed by atoms with Crippen molar-refractivity contribution in [3.05, 3.63) is 46.6 Å². The molecule has 0 fully saturated rings. The summed E-state index contributed by atoms with van der Waals surface area (Å²) in [6, 6.07) is 9.75. The smallest absolute Gasteiger partial charge is 0.176 e. The molecule has 0 amide bonds. The van der Waals surface area contributed by atoms with Gasteiger partial charge in [-0.25, -0.2) is 4.98 Å². The lowest BCUT2D eigenvalue weighted by atomic mass is 10.2. The van der Waals surface area contributed by atoms with E-state index in [2.05, 4.69) is 25.8 Å². The summed E-state index contributed by atoms with van der Waals surface area (Å²) in [7, 11) is 0. The zero-order chi connectivity index (χ0) is 13.2. The molecule has 0 aliphatic carbocycles. The Morgan fingerprint density at radius 2 is 2.11 bits per heavy atom. The first-order valence-corrected chi connectivity index (χ1v) is 6.68. The first-order valence-electron chi connectivity index (χ1n) is 5.89. The lowest BCUT2D eigenvalue weighted by molar-refractivity contribution is 0.112. The normalized spacial score (nSPS) is 13.6. The first-order chi connectivity index (χ1) is 9.28. The first kappa shape index (κ1) is 12.2. The van der Waals surface area contributed by atoms with Gasteiger partial charge >= 0.3 is 0 Å². The molecule has 0 radical (unpaired) electrons. The van der Waals surface area contributed by atoms with Crippen LogP contribution in [0.4, 0.5) is 11.5 Å². The molecule has 96 valence electrons. The van der Waals surface area contributed by atoms with Gasteiger partial charge in [-0.1, -0.05) is 15.9 Å². The summed E-state index contributed by atoms with van der Waals surface area (Å²) in [5.74, 6) is 1.40. The molecule has 1 aromatic heterocycles. The zero-order valence-electron chi connectivity index (χ0n) is 10.0. The summed E-state index contributed by atoms with van der Waals surface area (Å²) in [6.45, 7) is 1.31. The summed E-state index contributed by atoms with van der Waals surface area (Å²) >= 11 is 3.42. The summed E-state index contributed by atoms with van der Waals surface area (Å²) in [5, 5.41) is 0. The van der Waals surface area contributed by atoms with E-state index in [-0.39, 0.29) is 0 Å². The van der Waals surface area contributed by atoms with E-state index in [4.69, 9.17) is 4.74 Å². The van der Waals surface area contributed by atoms with Crippen molar-refractivity contribution in [2.45, 2.75) is 0 Å². The standard InChI is InChI=1S/C14H11BrN2O2/c15-11-1-3-12(4-2-11)17-5-6-19-13-7-10(9-18)8-16-14(13)17/h1-4,7-9H,5-6H2. The molecule has 3 rings (SSSR count). The van der Waals surface area contributed by atoms with E-state index in [1.165, 1.54) is 0 Å². The highest BCUT2D eigenvalue weighted by Crippen LogP contribution is 2.35. The second kappa shape index (κ2) is 5.01. The van der Waals surface area contributed by atoms with Gasteiger partial charge in [0.2, 0.25) is 0 Å². The molecule has 0 atom stereocenters. The molecule has 0 unspecified atom stereocenters. The molecule has 0 N–H and O–H groups in total. The highest BCUT2D eigenvalue weighted by atomic mass is 79.9. The summed E-state index contributed by atoms with van der Waals surface area (Å²) in [4.78, 5) is 17.2. The quantitative estimate of drug-likeness (QED) is 0.797. The predicted octanol–water partition coefficient (Wildman–Crippen LogP) is 3.19. The molecule has 5 heteroatoms. The molecule has 0 saturated carbocycles. The van der Waals surface area contributed by atoms with Gasteiger partial charge in [-0.15, -0.1) is 0 Å². The molecule has 0 bridgehead atoms. The number of ether oxygens (including phenoxy) is 1. The van der Waals surface area contributed by atoms with E-state index in [0.717, 1.165) is 28.8 Å². The number of hydrogen-bond donors (Lipinski definition) is 0. The van der Waals surface area contributed by atoms with E-state index < -0.39 is 0 Å². The Morgan fingerprint density at radius 3 is 2.84 bits per heavy atom. The zero-order valence-corrected chi connectivity index (χ0v) is 11.6. The SMILES string of the molecule is O=Cc1cnc2c(c1)OCCN2c1ccc(Br)cc1. The fourth-order valence-electron chi connectivity index (χ4n) is 2.05. The maximum Gasteiger partial charge on any atom is 0.176 e. The fourth-order valence-corrected chi connectivity index (χ4v) is 2.32. The number of rotatable bonds is 2. The van der Waals surface area contributed by atoms with Crippen molar-refractivity contribution >= 4 is 33.7 Å². The van der Waals surface area contributed by atoms with Gasteiger partial charge in [-0.2, -0.15) is 0 Å². The van der Waals surface area contributed by atoms with Crippen LogP contribution in [-0.4, -0.2) is 24.4 Å².